The highest BCUT2D eigenvalue weighted by Crippen LogP contribution is 2.14. The van der Waals surface area contributed by atoms with Crippen LogP contribution in [0.1, 0.15) is 25.8 Å². The number of rotatable bonds is 6. The number of hydrogen-bond donors (Lipinski definition) is 0. The van der Waals surface area contributed by atoms with Crippen molar-refractivity contribution < 1.29 is 4.74 Å². The molecule has 3 heteroatoms. The van der Waals surface area contributed by atoms with Crippen molar-refractivity contribution in [2.75, 3.05) is 12.4 Å². The van der Waals surface area contributed by atoms with Crippen molar-refractivity contribution in [3.05, 3.63) is 29.8 Å². The molecule has 2 nitrogen and oxygen atoms in total. The van der Waals surface area contributed by atoms with E-state index in [1.807, 2.05) is 23.9 Å². The largest absolute Gasteiger partial charge is 0.494 e. The number of ether oxygens (including phenoxy) is 1. The molecule has 0 saturated heterocycles. The Morgan fingerprint density at radius 3 is 2.94 bits per heavy atom. The molecule has 16 heavy (non-hydrogen) atoms. The lowest BCUT2D eigenvalue weighted by atomic mass is 10.2. The molecule has 1 aromatic carbocycles. The highest BCUT2D eigenvalue weighted by molar-refractivity contribution is 7.99. The molecule has 0 aliphatic heterocycles. The SMILES string of the molecule is CC(C)SCCCOc1cccc(C#N)c1. The normalized spacial score (nSPS) is 10.1. The Kier molecular flexibility index (Phi) is 5.81. The lowest BCUT2D eigenvalue weighted by molar-refractivity contribution is 0.318. The highest BCUT2D eigenvalue weighted by atomic mass is 32.2. The molecule has 1 aromatic rings. The first-order valence-corrected chi connectivity index (χ1v) is 6.52. The van der Waals surface area contributed by atoms with Crippen LogP contribution in [0.25, 0.3) is 0 Å². The van der Waals surface area contributed by atoms with Crippen LogP contribution in [-0.2, 0) is 0 Å². The minimum absolute atomic E-state index is 0.647. The maximum absolute atomic E-state index is 8.72. The lowest BCUT2D eigenvalue weighted by Crippen LogP contribution is -2.00. The van der Waals surface area contributed by atoms with Gasteiger partial charge in [-0.2, -0.15) is 17.0 Å². The van der Waals surface area contributed by atoms with Gasteiger partial charge in [0.2, 0.25) is 0 Å². The summed E-state index contributed by atoms with van der Waals surface area (Å²) in [6.07, 6.45) is 1.04. The second kappa shape index (κ2) is 7.19. The molecule has 0 fully saturated rings. The molecule has 0 bridgehead atoms. The Labute approximate surface area is 102 Å². The van der Waals surface area contributed by atoms with Crippen LogP contribution in [0.2, 0.25) is 0 Å². The third-order valence-electron chi connectivity index (χ3n) is 1.97. The van der Waals surface area contributed by atoms with Gasteiger partial charge in [-0.05, 0) is 35.6 Å². The van der Waals surface area contributed by atoms with Crippen LogP contribution in [0.3, 0.4) is 0 Å². The van der Waals surface area contributed by atoms with Crippen molar-refractivity contribution in [2.45, 2.75) is 25.5 Å². The average Bonchev–Trinajstić information content (AvgIpc) is 2.28. The van der Waals surface area contributed by atoms with Crippen LogP contribution < -0.4 is 4.74 Å². The van der Waals surface area contributed by atoms with Crippen LogP contribution >= 0.6 is 11.8 Å². The van der Waals surface area contributed by atoms with E-state index >= 15 is 0 Å². The topological polar surface area (TPSA) is 33.0 Å². The van der Waals surface area contributed by atoms with Crippen molar-refractivity contribution in [3.63, 3.8) is 0 Å². The van der Waals surface area contributed by atoms with Gasteiger partial charge in [0.15, 0.2) is 0 Å². The number of nitriles is 1. The fourth-order valence-corrected chi connectivity index (χ4v) is 1.98. The second-order valence-electron chi connectivity index (χ2n) is 3.76. The summed E-state index contributed by atoms with van der Waals surface area (Å²) >= 11 is 1.94. The average molecular weight is 235 g/mol. The molecule has 0 aliphatic carbocycles. The molecule has 0 atom stereocenters. The van der Waals surface area contributed by atoms with Gasteiger partial charge in [-0.1, -0.05) is 19.9 Å². The first-order chi connectivity index (χ1) is 7.72. The van der Waals surface area contributed by atoms with E-state index in [1.165, 1.54) is 0 Å². The minimum atomic E-state index is 0.647. The Morgan fingerprint density at radius 1 is 1.44 bits per heavy atom. The summed E-state index contributed by atoms with van der Waals surface area (Å²) in [5, 5.41) is 9.41. The zero-order valence-corrected chi connectivity index (χ0v) is 10.6. The van der Waals surface area contributed by atoms with E-state index in [9.17, 15) is 0 Å². The summed E-state index contributed by atoms with van der Waals surface area (Å²) in [6.45, 7) is 5.11. The minimum Gasteiger partial charge on any atom is -0.494 e. The summed E-state index contributed by atoms with van der Waals surface area (Å²) in [7, 11) is 0. The Hall–Kier alpha value is -1.14. The first kappa shape index (κ1) is 12.9. The van der Waals surface area contributed by atoms with Crippen molar-refractivity contribution in [1.82, 2.24) is 0 Å². The zero-order valence-electron chi connectivity index (χ0n) is 9.77. The fraction of sp³-hybridized carbons (Fsp3) is 0.462. The molecule has 0 spiro atoms. The lowest BCUT2D eigenvalue weighted by Gasteiger charge is -2.07. The Balaban J connectivity index is 2.24. The van der Waals surface area contributed by atoms with E-state index in [2.05, 4.69) is 19.9 Å². The summed E-state index contributed by atoms with van der Waals surface area (Å²) in [6, 6.07) is 9.38. The van der Waals surface area contributed by atoms with E-state index in [1.54, 1.807) is 12.1 Å². The molecule has 0 aliphatic rings. The van der Waals surface area contributed by atoms with Crippen LogP contribution in [0.5, 0.6) is 5.75 Å². The molecule has 0 aromatic heterocycles. The van der Waals surface area contributed by atoms with E-state index < -0.39 is 0 Å². The van der Waals surface area contributed by atoms with Gasteiger partial charge in [-0.25, -0.2) is 0 Å². The third kappa shape index (κ3) is 5.09. The predicted molar refractivity (Wildman–Crippen MR) is 68.9 cm³/mol. The maximum Gasteiger partial charge on any atom is 0.120 e. The number of thioether (sulfide) groups is 1. The summed E-state index contributed by atoms with van der Waals surface area (Å²) in [5.41, 5.74) is 0.647. The molecule has 0 heterocycles. The van der Waals surface area contributed by atoms with E-state index in [0.717, 1.165) is 17.9 Å². The number of benzene rings is 1. The van der Waals surface area contributed by atoms with Gasteiger partial charge in [-0.3, -0.25) is 0 Å². The Bertz CT molecular complexity index is 357. The van der Waals surface area contributed by atoms with Gasteiger partial charge >= 0.3 is 0 Å². The van der Waals surface area contributed by atoms with E-state index in [-0.39, 0.29) is 0 Å². The van der Waals surface area contributed by atoms with Crippen molar-refractivity contribution in [1.29, 1.82) is 5.26 Å². The van der Waals surface area contributed by atoms with Gasteiger partial charge in [0.05, 0.1) is 18.2 Å². The van der Waals surface area contributed by atoms with Crippen LogP contribution in [0.4, 0.5) is 0 Å². The van der Waals surface area contributed by atoms with Gasteiger partial charge < -0.3 is 4.74 Å². The molecule has 0 N–H and O–H groups in total. The van der Waals surface area contributed by atoms with Crippen LogP contribution in [-0.4, -0.2) is 17.6 Å². The molecule has 0 amide bonds. The molecule has 86 valence electrons. The summed E-state index contributed by atoms with van der Waals surface area (Å²) in [5.74, 6) is 1.91. The highest BCUT2D eigenvalue weighted by Gasteiger charge is 1.97. The molecular formula is C13H17NOS. The number of hydrogen-bond acceptors (Lipinski definition) is 3. The smallest absolute Gasteiger partial charge is 0.120 e. The molecular weight excluding hydrogens is 218 g/mol. The van der Waals surface area contributed by atoms with Crippen molar-refractivity contribution in [3.8, 4) is 11.8 Å². The maximum atomic E-state index is 8.72. The molecule has 0 radical (unpaired) electrons. The monoisotopic (exact) mass is 235 g/mol. The number of nitrogens with zero attached hydrogens (tertiary/aromatic N) is 1. The summed E-state index contributed by atoms with van der Waals surface area (Å²) < 4.78 is 5.57. The quantitative estimate of drug-likeness (QED) is 0.708. The van der Waals surface area contributed by atoms with Gasteiger partial charge in [0.25, 0.3) is 0 Å². The third-order valence-corrected chi connectivity index (χ3v) is 3.16. The summed E-state index contributed by atoms with van der Waals surface area (Å²) in [4.78, 5) is 0. The van der Waals surface area contributed by atoms with Crippen LogP contribution in [0.15, 0.2) is 24.3 Å². The van der Waals surface area contributed by atoms with Crippen molar-refractivity contribution >= 4 is 11.8 Å². The van der Waals surface area contributed by atoms with Gasteiger partial charge in [-0.15, -0.1) is 0 Å². The Morgan fingerprint density at radius 2 is 2.25 bits per heavy atom. The zero-order chi connectivity index (χ0) is 11.8. The standard InChI is InChI=1S/C13H17NOS/c1-11(2)16-8-4-7-15-13-6-3-5-12(9-13)10-14/h3,5-6,9,11H,4,7-8H2,1-2H3. The van der Waals surface area contributed by atoms with Crippen LogP contribution in [0, 0.1) is 11.3 Å². The molecule has 0 saturated carbocycles. The first-order valence-electron chi connectivity index (χ1n) is 5.47. The molecule has 0 unspecified atom stereocenters. The fourth-order valence-electron chi connectivity index (χ4n) is 1.22. The van der Waals surface area contributed by atoms with Gasteiger partial charge in [0.1, 0.15) is 5.75 Å². The second-order valence-corrected chi connectivity index (χ2v) is 5.45. The van der Waals surface area contributed by atoms with E-state index in [0.29, 0.717) is 17.4 Å². The predicted octanol–water partition coefficient (Wildman–Crippen LogP) is 3.47. The van der Waals surface area contributed by atoms with E-state index in [4.69, 9.17) is 10.00 Å². The van der Waals surface area contributed by atoms with Gasteiger partial charge in [0, 0.05) is 0 Å². The molecule has 1 rings (SSSR count). The van der Waals surface area contributed by atoms with Crippen molar-refractivity contribution in [2.24, 2.45) is 0 Å².